The third-order valence-corrected chi connectivity index (χ3v) is 4.89. The van der Waals surface area contributed by atoms with Gasteiger partial charge in [-0.3, -0.25) is 9.40 Å². The summed E-state index contributed by atoms with van der Waals surface area (Å²) in [6, 6.07) is 5.26. The summed E-state index contributed by atoms with van der Waals surface area (Å²) < 4.78 is 29.2. The van der Waals surface area contributed by atoms with Gasteiger partial charge >= 0.3 is 0 Å². The van der Waals surface area contributed by atoms with E-state index in [0.717, 1.165) is 10.0 Å². The van der Waals surface area contributed by atoms with Crippen molar-refractivity contribution in [1.29, 1.82) is 0 Å². The third kappa shape index (κ3) is 2.93. The van der Waals surface area contributed by atoms with Crippen molar-refractivity contribution in [2.45, 2.75) is 11.9 Å². The smallest absolute Gasteiger partial charge is 0.278 e. The van der Waals surface area contributed by atoms with Gasteiger partial charge in [0.05, 0.1) is 16.9 Å². The van der Waals surface area contributed by atoms with Crippen LogP contribution in [0.5, 0.6) is 0 Å². The number of rotatable bonds is 3. The molecule has 0 atom stereocenters. The summed E-state index contributed by atoms with van der Waals surface area (Å²) in [6.45, 7) is 1.81. The minimum absolute atomic E-state index is 0.0588. The van der Waals surface area contributed by atoms with Gasteiger partial charge in [-0.2, -0.15) is 13.5 Å². The minimum atomic E-state index is -3.76. The molecule has 5 nitrogen and oxygen atoms in total. The van der Waals surface area contributed by atoms with Crippen molar-refractivity contribution in [1.82, 2.24) is 9.78 Å². The predicted octanol–water partition coefficient (Wildman–Crippen LogP) is 2.95. The number of nitrogens with zero attached hydrogens (tertiary/aromatic N) is 2. The second kappa shape index (κ2) is 5.15. The molecular formula is C11H11BrClN3O2S. The molecular weight excluding hydrogens is 354 g/mol. The number of sulfonamides is 1. The van der Waals surface area contributed by atoms with Crippen LogP contribution in [0.1, 0.15) is 5.56 Å². The molecule has 0 fully saturated rings. The van der Waals surface area contributed by atoms with Crippen LogP contribution in [0.15, 0.2) is 33.9 Å². The Labute approximate surface area is 124 Å². The molecule has 1 aromatic heterocycles. The van der Waals surface area contributed by atoms with Crippen LogP contribution in [-0.2, 0) is 17.1 Å². The summed E-state index contributed by atoms with van der Waals surface area (Å²) >= 11 is 9.18. The van der Waals surface area contributed by atoms with E-state index in [9.17, 15) is 8.42 Å². The maximum absolute atomic E-state index is 12.3. The first kappa shape index (κ1) is 14.4. The Kier molecular flexibility index (Phi) is 3.89. The normalized spacial score (nSPS) is 11.6. The third-order valence-electron chi connectivity index (χ3n) is 2.53. The lowest BCUT2D eigenvalue weighted by atomic mass is 10.2. The molecule has 0 aliphatic heterocycles. The first-order valence-corrected chi connectivity index (χ1v) is 7.93. The second-order valence-electron chi connectivity index (χ2n) is 3.99. The van der Waals surface area contributed by atoms with Crippen molar-refractivity contribution in [2.75, 3.05) is 4.72 Å². The Bertz CT molecular complexity index is 708. The van der Waals surface area contributed by atoms with Crippen molar-refractivity contribution < 1.29 is 8.42 Å². The van der Waals surface area contributed by atoms with E-state index < -0.39 is 10.0 Å². The van der Waals surface area contributed by atoms with Gasteiger partial charge in [0.1, 0.15) is 0 Å². The fourth-order valence-electron chi connectivity index (χ4n) is 1.64. The molecule has 0 amide bonds. The van der Waals surface area contributed by atoms with Gasteiger partial charge < -0.3 is 0 Å². The zero-order valence-corrected chi connectivity index (χ0v) is 13.3. The van der Waals surface area contributed by atoms with Crippen molar-refractivity contribution in [3.05, 3.63) is 39.5 Å². The Hall–Kier alpha value is -1.05. The zero-order valence-electron chi connectivity index (χ0n) is 10.2. The van der Waals surface area contributed by atoms with Gasteiger partial charge in [0, 0.05) is 11.5 Å². The fourth-order valence-corrected chi connectivity index (χ4v) is 3.90. The first-order valence-electron chi connectivity index (χ1n) is 5.28. The van der Waals surface area contributed by atoms with Crippen molar-refractivity contribution in [2.24, 2.45) is 7.05 Å². The van der Waals surface area contributed by atoms with Crippen LogP contribution in [-0.4, -0.2) is 18.2 Å². The summed E-state index contributed by atoms with van der Waals surface area (Å²) in [7, 11) is -2.24. The molecule has 2 rings (SSSR count). The largest absolute Gasteiger partial charge is 0.280 e. The lowest BCUT2D eigenvalue weighted by Gasteiger charge is -2.11. The number of hydrogen-bond acceptors (Lipinski definition) is 3. The van der Waals surface area contributed by atoms with Gasteiger partial charge in [0.15, 0.2) is 5.03 Å². The van der Waals surface area contributed by atoms with E-state index in [-0.39, 0.29) is 10.0 Å². The highest BCUT2D eigenvalue weighted by atomic mass is 79.9. The fraction of sp³-hybridized carbons (Fsp3) is 0.182. The highest BCUT2D eigenvalue weighted by Gasteiger charge is 2.23. The van der Waals surface area contributed by atoms with Crippen LogP contribution in [0.2, 0.25) is 5.02 Å². The van der Waals surface area contributed by atoms with Gasteiger partial charge in [0.25, 0.3) is 10.0 Å². The molecule has 0 saturated carbocycles. The molecule has 19 heavy (non-hydrogen) atoms. The van der Waals surface area contributed by atoms with E-state index in [4.69, 9.17) is 11.6 Å². The Morgan fingerprint density at radius 3 is 2.63 bits per heavy atom. The van der Waals surface area contributed by atoms with Gasteiger partial charge in [-0.05, 0) is 30.7 Å². The number of benzene rings is 1. The van der Waals surface area contributed by atoms with Crippen molar-refractivity contribution in [3.63, 3.8) is 0 Å². The van der Waals surface area contributed by atoms with Crippen LogP contribution >= 0.6 is 27.5 Å². The summed E-state index contributed by atoms with van der Waals surface area (Å²) in [5, 5.41) is 3.85. The van der Waals surface area contributed by atoms with Crippen LogP contribution < -0.4 is 4.72 Å². The van der Waals surface area contributed by atoms with Crippen LogP contribution in [0.25, 0.3) is 0 Å². The number of anilines is 1. The minimum Gasteiger partial charge on any atom is -0.278 e. The molecule has 2 aromatic rings. The molecule has 1 N–H and O–H groups in total. The molecule has 0 radical (unpaired) electrons. The second-order valence-corrected chi connectivity index (χ2v) is 6.91. The van der Waals surface area contributed by atoms with E-state index in [1.165, 1.54) is 17.9 Å². The molecule has 102 valence electrons. The van der Waals surface area contributed by atoms with Gasteiger partial charge in [-0.1, -0.05) is 27.5 Å². The SMILES string of the molecule is Cc1cc(Br)ccc1NS(=O)(=O)c1c(Cl)cnn1C. The lowest BCUT2D eigenvalue weighted by molar-refractivity contribution is 0.582. The number of hydrogen-bond donors (Lipinski definition) is 1. The highest BCUT2D eigenvalue weighted by Crippen LogP contribution is 2.25. The van der Waals surface area contributed by atoms with E-state index in [0.29, 0.717) is 5.69 Å². The molecule has 0 saturated heterocycles. The van der Waals surface area contributed by atoms with Crippen molar-refractivity contribution in [3.8, 4) is 0 Å². The molecule has 0 bridgehead atoms. The number of halogens is 2. The zero-order chi connectivity index (χ0) is 14.2. The highest BCUT2D eigenvalue weighted by molar-refractivity contribution is 9.10. The van der Waals surface area contributed by atoms with Gasteiger partial charge in [-0.25, -0.2) is 0 Å². The Morgan fingerprint density at radius 1 is 1.42 bits per heavy atom. The Morgan fingerprint density at radius 2 is 2.11 bits per heavy atom. The summed E-state index contributed by atoms with van der Waals surface area (Å²) in [6.07, 6.45) is 1.30. The van der Waals surface area contributed by atoms with Crippen LogP contribution in [0.3, 0.4) is 0 Å². The lowest BCUT2D eigenvalue weighted by Crippen LogP contribution is -2.17. The van der Waals surface area contributed by atoms with Gasteiger partial charge in [-0.15, -0.1) is 0 Å². The molecule has 8 heteroatoms. The molecule has 1 heterocycles. The molecule has 1 aromatic carbocycles. The topological polar surface area (TPSA) is 64.0 Å². The summed E-state index contributed by atoms with van der Waals surface area (Å²) in [5.74, 6) is 0. The van der Waals surface area contributed by atoms with E-state index >= 15 is 0 Å². The molecule has 0 aliphatic rings. The maximum atomic E-state index is 12.3. The Balaban J connectivity index is 2.42. The van der Waals surface area contributed by atoms with E-state index in [1.807, 2.05) is 13.0 Å². The van der Waals surface area contributed by atoms with E-state index in [2.05, 4.69) is 25.8 Å². The monoisotopic (exact) mass is 363 g/mol. The quantitative estimate of drug-likeness (QED) is 0.910. The summed E-state index contributed by atoms with van der Waals surface area (Å²) in [5.41, 5.74) is 1.30. The molecule has 0 unspecified atom stereocenters. The summed E-state index contributed by atoms with van der Waals surface area (Å²) in [4.78, 5) is 0. The number of aromatic nitrogens is 2. The average Bonchev–Trinajstić information content (AvgIpc) is 2.63. The predicted molar refractivity (Wildman–Crippen MR) is 77.9 cm³/mol. The maximum Gasteiger partial charge on any atom is 0.280 e. The molecule has 0 aliphatic carbocycles. The van der Waals surface area contributed by atoms with Crippen LogP contribution in [0.4, 0.5) is 5.69 Å². The number of aryl methyl sites for hydroxylation is 2. The van der Waals surface area contributed by atoms with E-state index in [1.54, 1.807) is 12.1 Å². The molecule has 0 spiro atoms. The van der Waals surface area contributed by atoms with Crippen molar-refractivity contribution >= 4 is 43.2 Å². The van der Waals surface area contributed by atoms with Crippen LogP contribution in [0, 0.1) is 6.92 Å². The standard InChI is InChI=1S/C11H11BrClN3O2S/c1-7-5-8(12)3-4-10(7)15-19(17,18)11-9(13)6-14-16(11)2/h3-6,15H,1-2H3. The first-order chi connectivity index (χ1) is 8.81. The van der Waals surface area contributed by atoms with Gasteiger partial charge in [0.2, 0.25) is 0 Å². The average molecular weight is 365 g/mol. The number of nitrogens with one attached hydrogen (secondary N) is 1.